The van der Waals surface area contributed by atoms with Gasteiger partial charge in [0.25, 0.3) is 0 Å². The highest BCUT2D eigenvalue weighted by molar-refractivity contribution is 14.1. The zero-order valence-corrected chi connectivity index (χ0v) is 13.8. The first kappa shape index (κ1) is 14.9. The summed E-state index contributed by atoms with van der Waals surface area (Å²) in [5.41, 5.74) is 0. The van der Waals surface area contributed by atoms with Crippen molar-refractivity contribution in [2.75, 3.05) is 13.1 Å². The van der Waals surface area contributed by atoms with Crippen molar-refractivity contribution >= 4 is 44.6 Å². The molecule has 2 saturated heterocycles. The fourth-order valence-electron chi connectivity index (χ4n) is 2.67. The molecule has 0 amide bonds. The minimum absolute atomic E-state index is 0.00353. The summed E-state index contributed by atoms with van der Waals surface area (Å²) >= 11 is 2.10. The lowest BCUT2D eigenvalue weighted by Gasteiger charge is -2.30. The van der Waals surface area contributed by atoms with Gasteiger partial charge in [0.2, 0.25) is 10.0 Å². The highest BCUT2D eigenvalue weighted by Crippen LogP contribution is 2.33. The van der Waals surface area contributed by atoms with Gasteiger partial charge in [0.15, 0.2) is 0 Å². The molecule has 2 atom stereocenters. The molecule has 2 aliphatic heterocycles. The average molecular weight is 421 g/mol. The van der Waals surface area contributed by atoms with Crippen LogP contribution in [0.2, 0.25) is 0 Å². The quantitative estimate of drug-likeness (QED) is 0.405. The first-order valence-corrected chi connectivity index (χ1v) is 8.93. The number of sulfonamides is 1. The van der Waals surface area contributed by atoms with Gasteiger partial charge in [0, 0.05) is 16.7 Å². The van der Waals surface area contributed by atoms with Crippen LogP contribution >= 0.6 is 22.6 Å². The van der Waals surface area contributed by atoms with Crippen LogP contribution in [0.3, 0.4) is 0 Å². The van der Waals surface area contributed by atoms with Crippen molar-refractivity contribution < 1.29 is 22.7 Å². The molecular formula is C13H12INO5S. The smallest absolute Gasteiger partial charge is 0.318 e. The second kappa shape index (κ2) is 5.33. The van der Waals surface area contributed by atoms with Gasteiger partial charge in [-0.05, 0) is 53.3 Å². The summed E-state index contributed by atoms with van der Waals surface area (Å²) < 4.78 is 31.9. The van der Waals surface area contributed by atoms with Crippen LogP contribution in [-0.4, -0.2) is 37.8 Å². The highest BCUT2D eigenvalue weighted by Gasteiger charge is 2.49. The fraction of sp³-hybridized carbons (Fsp3) is 0.385. The Morgan fingerprint density at radius 2 is 1.71 bits per heavy atom. The molecule has 8 heteroatoms. The molecule has 0 bridgehead atoms. The summed E-state index contributed by atoms with van der Waals surface area (Å²) in [7, 11) is -3.65. The molecule has 2 fully saturated rings. The van der Waals surface area contributed by atoms with Crippen molar-refractivity contribution in [1.82, 2.24) is 4.31 Å². The van der Waals surface area contributed by atoms with Crippen molar-refractivity contribution in [2.45, 2.75) is 11.3 Å². The minimum atomic E-state index is -3.65. The average Bonchev–Trinajstić information content (AvgIpc) is 2.74. The molecule has 0 spiro atoms. The number of hydrogen-bond donors (Lipinski definition) is 0. The Labute approximate surface area is 135 Å². The summed E-state index contributed by atoms with van der Waals surface area (Å²) in [6, 6.07) is 6.52. The predicted octanol–water partition coefficient (Wildman–Crippen LogP) is 1.00. The highest BCUT2D eigenvalue weighted by atomic mass is 127. The summed E-state index contributed by atoms with van der Waals surface area (Å²) in [5, 5.41) is 0. The minimum Gasteiger partial charge on any atom is -0.393 e. The number of hydrogen-bond acceptors (Lipinski definition) is 5. The van der Waals surface area contributed by atoms with Crippen molar-refractivity contribution in [3.8, 4) is 0 Å². The van der Waals surface area contributed by atoms with Gasteiger partial charge in [0.1, 0.15) is 0 Å². The monoisotopic (exact) mass is 421 g/mol. The molecule has 2 aliphatic rings. The Balaban J connectivity index is 1.86. The third-order valence-electron chi connectivity index (χ3n) is 3.83. The lowest BCUT2D eigenvalue weighted by molar-refractivity contribution is -0.153. The number of carbonyl (C=O) groups is 2. The largest absolute Gasteiger partial charge is 0.393 e. The van der Waals surface area contributed by atoms with Gasteiger partial charge in [-0.25, -0.2) is 8.42 Å². The first-order chi connectivity index (χ1) is 9.89. The number of fused-ring (bicyclic) bond motifs is 1. The van der Waals surface area contributed by atoms with E-state index in [1.54, 1.807) is 24.3 Å². The van der Waals surface area contributed by atoms with E-state index in [1.807, 2.05) is 0 Å². The van der Waals surface area contributed by atoms with E-state index in [2.05, 4.69) is 27.3 Å². The van der Waals surface area contributed by atoms with Crippen LogP contribution in [0, 0.1) is 15.4 Å². The third-order valence-corrected chi connectivity index (χ3v) is 6.43. The predicted molar refractivity (Wildman–Crippen MR) is 80.6 cm³/mol. The number of piperidine rings is 1. The van der Waals surface area contributed by atoms with Crippen LogP contribution in [0.25, 0.3) is 0 Å². The van der Waals surface area contributed by atoms with Gasteiger partial charge < -0.3 is 4.74 Å². The molecule has 1 aromatic carbocycles. The summed E-state index contributed by atoms with van der Waals surface area (Å²) in [6.45, 7) is 0.224. The standard InChI is InChI=1S/C13H12INO5S/c14-8-1-3-9(4-2-8)21(18,19)15-6-5-10-11(7-15)13(17)20-12(10)16/h1-4,10-11H,5-7H2. The lowest BCUT2D eigenvalue weighted by Crippen LogP contribution is -2.44. The molecule has 21 heavy (non-hydrogen) atoms. The molecule has 0 N–H and O–H groups in total. The first-order valence-electron chi connectivity index (χ1n) is 6.41. The summed E-state index contributed by atoms with van der Waals surface area (Å²) in [4.78, 5) is 23.3. The fourth-order valence-corrected chi connectivity index (χ4v) is 4.51. The van der Waals surface area contributed by atoms with Crippen LogP contribution in [0.4, 0.5) is 0 Å². The van der Waals surface area contributed by atoms with Crippen LogP contribution in [0.1, 0.15) is 6.42 Å². The van der Waals surface area contributed by atoms with Gasteiger partial charge >= 0.3 is 11.9 Å². The summed E-state index contributed by atoms with van der Waals surface area (Å²) in [6.07, 6.45) is 0.318. The topological polar surface area (TPSA) is 80.8 Å². The normalized spacial score (nSPS) is 26.5. The molecule has 6 nitrogen and oxygen atoms in total. The van der Waals surface area contributed by atoms with E-state index in [1.165, 1.54) is 4.31 Å². The molecule has 2 heterocycles. The van der Waals surface area contributed by atoms with Gasteiger partial charge in [-0.15, -0.1) is 0 Å². The number of halogens is 1. The number of cyclic esters (lactones) is 2. The Hall–Kier alpha value is -1.000. The van der Waals surface area contributed by atoms with Crippen LogP contribution in [0.5, 0.6) is 0 Å². The number of ether oxygens (including phenoxy) is 1. The van der Waals surface area contributed by atoms with Gasteiger partial charge in [-0.1, -0.05) is 0 Å². The zero-order chi connectivity index (χ0) is 15.2. The molecule has 112 valence electrons. The maximum atomic E-state index is 12.6. The molecule has 0 radical (unpaired) electrons. The van der Waals surface area contributed by atoms with Crippen LogP contribution < -0.4 is 0 Å². The molecular weight excluding hydrogens is 409 g/mol. The molecule has 0 saturated carbocycles. The Kier molecular flexibility index (Phi) is 3.78. The van der Waals surface area contributed by atoms with Crippen molar-refractivity contribution in [3.05, 3.63) is 27.8 Å². The maximum Gasteiger partial charge on any atom is 0.318 e. The van der Waals surface area contributed by atoms with Crippen LogP contribution in [0.15, 0.2) is 29.2 Å². The van der Waals surface area contributed by atoms with E-state index < -0.39 is 33.8 Å². The van der Waals surface area contributed by atoms with E-state index in [-0.39, 0.29) is 18.0 Å². The van der Waals surface area contributed by atoms with Crippen molar-refractivity contribution in [1.29, 1.82) is 0 Å². The number of rotatable bonds is 2. The molecule has 0 aromatic heterocycles. The van der Waals surface area contributed by atoms with Crippen molar-refractivity contribution in [3.63, 3.8) is 0 Å². The number of esters is 2. The molecule has 2 unspecified atom stereocenters. The molecule has 1 aromatic rings. The summed E-state index contributed by atoms with van der Waals surface area (Å²) in [5.74, 6) is -2.32. The van der Waals surface area contributed by atoms with E-state index >= 15 is 0 Å². The number of nitrogens with zero attached hydrogens (tertiary/aromatic N) is 1. The Morgan fingerprint density at radius 1 is 1.10 bits per heavy atom. The Morgan fingerprint density at radius 3 is 2.38 bits per heavy atom. The molecule has 3 rings (SSSR count). The Bertz CT molecular complexity index is 700. The van der Waals surface area contributed by atoms with Crippen LogP contribution in [-0.2, 0) is 24.3 Å². The van der Waals surface area contributed by atoms with E-state index in [0.29, 0.717) is 6.42 Å². The second-order valence-corrected chi connectivity index (χ2v) is 8.24. The SMILES string of the molecule is O=C1OC(=O)C2CN(S(=O)(=O)c3ccc(I)cc3)CCC12. The third kappa shape index (κ3) is 2.59. The van der Waals surface area contributed by atoms with E-state index in [4.69, 9.17) is 0 Å². The number of benzene rings is 1. The van der Waals surface area contributed by atoms with E-state index in [0.717, 1.165) is 3.57 Å². The maximum absolute atomic E-state index is 12.6. The van der Waals surface area contributed by atoms with E-state index in [9.17, 15) is 18.0 Å². The second-order valence-electron chi connectivity index (χ2n) is 5.06. The van der Waals surface area contributed by atoms with Gasteiger partial charge in [-0.2, -0.15) is 4.31 Å². The van der Waals surface area contributed by atoms with Crippen molar-refractivity contribution in [2.24, 2.45) is 11.8 Å². The zero-order valence-electron chi connectivity index (χ0n) is 10.9. The number of carbonyl (C=O) groups excluding carboxylic acids is 2. The van der Waals surface area contributed by atoms with Gasteiger partial charge in [-0.3, -0.25) is 9.59 Å². The van der Waals surface area contributed by atoms with Gasteiger partial charge in [0.05, 0.1) is 16.7 Å². The molecule has 0 aliphatic carbocycles. The lowest BCUT2D eigenvalue weighted by atomic mass is 9.89.